The Labute approximate surface area is 68.2 Å². The molecule has 0 saturated heterocycles. The molecule has 0 atom stereocenters. The highest BCUT2D eigenvalue weighted by Gasteiger charge is 1.80. The third kappa shape index (κ3) is 17.6. The third-order valence-corrected chi connectivity index (χ3v) is 0.755. The van der Waals surface area contributed by atoms with E-state index in [1.54, 1.807) is 6.92 Å². The Morgan fingerprint density at radius 3 is 1.64 bits per heavy atom. The first-order valence-electron chi connectivity index (χ1n) is 3.38. The van der Waals surface area contributed by atoms with Crippen LogP contribution in [0.5, 0.6) is 0 Å². The molecule has 0 N–H and O–H groups in total. The van der Waals surface area contributed by atoms with Gasteiger partial charge in [-0.3, -0.25) is 0 Å². The lowest BCUT2D eigenvalue weighted by Crippen LogP contribution is -2.22. The minimum Gasteiger partial charge on any atom is -0.545 e. The molecule has 0 aliphatic carbocycles. The Balaban J connectivity index is 0. The summed E-state index contributed by atoms with van der Waals surface area (Å²) in [7, 11) is 0. The summed E-state index contributed by atoms with van der Waals surface area (Å²) in [6.45, 7) is 10.7. The summed E-state index contributed by atoms with van der Waals surface area (Å²) < 4.78 is 0. The molecular formula is C9H15O2-. The Kier molecular flexibility index (Phi) is 8.10. The van der Waals surface area contributed by atoms with E-state index in [4.69, 9.17) is 0 Å². The highest BCUT2D eigenvalue weighted by molar-refractivity contribution is 5.83. The van der Waals surface area contributed by atoms with Gasteiger partial charge in [0.25, 0.3) is 0 Å². The van der Waals surface area contributed by atoms with E-state index in [1.807, 2.05) is 13.8 Å². The number of carbonyl (C=O) groups is 1. The van der Waals surface area contributed by atoms with Crippen LogP contribution in [0.15, 0.2) is 23.8 Å². The highest BCUT2D eigenvalue weighted by atomic mass is 16.4. The molecule has 0 amide bonds. The van der Waals surface area contributed by atoms with Crippen LogP contribution in [0.4, 0.5) is 0 Å². The lowest BCUT2D eigenvalue weighted by molar-refractivity contribution is -0.299. The fourth-order valence-electron chi connectivity index (χ4n) is 0.118. The summed E-state index contributed by atoms with van der Waals surface area (Å²) in [6.07, 6.45) is 1.50. The van der Waals surface area contributed by atoms with Crippen molar-refractivity contribution in [1.82, 2.24) is 0 Å². The molecule has 0 aliphatic rings. The summed E-state index contributed by atoms with van der Waals surface area (Å²) >= 11 is 0. The number of hydrogen-bond acceptors (Lipinski definition) is 2. The Hall–Kier alpha value is -1.05. The summed E-state index contributed by atoms with van der Waals surface area (Å²) in [5.74, 6) is -1.09. The highest BCUT2D eigenvalue weighted by Crippen LogP contribution is 1.85. The molecule has 64 valence electrons. The summed E-state index contributed by atoms with van der Waals surface area (Å²) in [5, 5.41) is 9.75. The molecule has 11 heavy (non-hydrogen) atoms. The average Bonchev–Trinajstić information content (AvgIpc) is 1.85. The van der Waals surface area contributed by atoms with Crippen molar-refractivity contribution < 1.29 is 9.90 Å². The van der Waals surface area contributed by atoms with Crippen molar-refractivity contribution >= 4 is 5.97 Å². The minimum atomic E-state index is -1.09. The first-order valence-corrected chi connectivity index (χ1v) is 3.38. The SMILES string of the molecule is C/C=C(\C)C(=O)[O-].C=C(C)C. The second-order valence-corrected chi connectivity index (χ2v) is 2.47. The molecule has 0 radical (unpaired) electrons. The van der Waals surface area contributed by atoms with Crippen LogP contribution in [-0.2, 0) is 4.79 Å². The van der Waals surface area contributed by atoms with Crippen molar-refractivity contribution in [2.45, 2.75) is 27.7 Å². The predicted molar refractivity (Wildman–Crippen MR) is 44.9 cm³/mol. The molecule has 0 aromatic rings. The van der Waals surface area contributed by atoms with Crippen LogP contribution in [0.3, 0.4) is 0 Å². The molecule has 0 rings (SSSR count). The molecular weight excluding hydrogens is 140 g/mol. The van der Waals surface area contributed by atoms with Gasteiger partial charge in [-0.1, -0.05) is 11.6 Å². The largest absolute Gasteiger partial charge is 0.545 e. The van der Waals surface area contributed by atoms with Crippen LogP contribution in [0.2, 0.25) is 0 Å². The van der Waals surface area contributed by atoms with E-state index in [0.29, 0.717) is 0 Å². The normalized spacial score (nSPS) is 9.64. The Morgan fingerprint density at radius 1 is 1.36 bits per heavy atom. The lowest BCUT2D eigenvalue weighted by Gasteiger charge is -1.96. The quantitative estimate of drug-likeness (QED) is 0.423. The molecule has 0 saturated carbocycles. The van der Waals surface area contributed by atoms with E-state index in [9.17, 15) is 9.90 Å². The minimum absolute atomic E-state index is 0.278. The van der Waals surface area contributed by atoms with Crippen LogP contribution >= 0.6 is 0 Å². The van der Waals surface area contributed by atoms with E-state index < -0.39 is 5.97 Å². The van der Waals surface area contributed by atoms with E-state index in [1.165, 1.54) is 18.6 Å². The van der Waals surface area contributed by atoms with E-state index in [-0.39, 0.29) is 5.57 Å². The zero-order chi connectivity index (χ0) is 9.44. The van der Waals surface area contributed by atoms with Gasteiger partial charge in [0, 0.05) is 0 Å². The maximum Gasteiger partial charge on any atom is 0.0668 e. The maximum atomic E-state index is 9.75. The van der Waals surface area contributed by atoms with Gasteiger partial charge < -0.3 is 9.90 Å². The fourth-order valence-corrected chi connectivity index (χ4v) is 0.118. The van der Waals surface area contributed by atoms with Gasteiger partial charge in [-0.15, -0.1) is 6.58 Å². The van der Waals surface area contributed by atoms with Crippen LogP contribution in [0.25, 0.3) is 0 Å². The van der Waals surface area contributed by atoms with Crippen molar-refractivity contribution in [3.05, 3.63) is 23.8 Å². The summed E-state index contributed by atoms with van der Waals surface area (Å²) in [6, 6.07) is 0. The van der Waals surface area contributed by atoms with Crippen molar-refractivity contribution in [2.75, 3.05) is 0 Å². The van der Waals surface area contributed by atoms with Crippen LogP contribution in [-0.4, -0.2) is 5.97 Å². The third-order valence-electron chi connectivity index (χ3n) is 0.755. The van der Waals surface area contributed by atoms with Gasteiger partial charge in [0.05, 0.1) is 5.97 Å². The topological polar surface area (TPSA) is 40.1 Å². The molecule has 2 nitrogen and oxygen atoms in total. The molecule has 0 fully saturated rings. The van der Waals surface area contributed by atoms with Gasteiger partial charge >= 0.3 is 0 Å². The van der Waals surface area contributed by atoms with Gasteiger partial charge in [-0.05, 0) is 33.3 Å². The number of rotatable bonds is 1. The molecule has 0 aliphatic heterocycles. The van der Waals surface area contributed by atoms with Gasteiger partial charge in [0.15, 0.2) is 0 Å². The smallest absolute Gasteiger partial charge is 0.0668 e. The molecule has 0 aromatic heterocycles. The van der Waals surface area contributed by atoms with E-state index in [2.05, 4.69) is 6.58 Å². The molecule has 0 heterocycles. The molecule has 0 unspecified atom stereocenters. The fraction of sp³-hybridized carbons (Fsp3) is 0.444. The maximum absolute atomic E-state index is 9.75. The zero-order valence-corrected chi connectivity index (χ0v) is 7.60. The first-order chi connectivity index (χ1) is 4.91. The van der Waals surface area contributed by atoms with Crippen LogP contribution in [0, 0.1) is 0 Å². The van der Waals surface area contributed by atoms with Crippen molar-refractivity contribution in [2.24, 2.45) is 0 Å². The molecule has 0 spiro atoms. The van der Waals surface area contributed by atoms with Gasteiger partial charge in [-0.25, -0.2) is 0 Å². The number of carboxylic acid groups (broad SMARTS) is 1. The van der Waals surface area contributed by atoms with Gasteiger partial charge in [0.2, 0.25) is 0 Å². The Bertz CT molecular complexity index is 162. The summed E-state index contributed by atoms with van der Waals surface area (Å²) in [5.41, 5.74) is 1.44. The Morgan fingerprint density at radius 2 is 1.64 bits per heavy atom. The zero-order valence-electron chi connectivity index (χ0n) is 7.60. The number of carboxylic acids is 1. The predicted octanol–water partition coefficient (Wildman–Crippen LogP) is 1.28. The van der Waals surface area contributed by atoms with Crippen molar-refractivity contribution in [1.29, 1.82) is 0 Å². The second kappa shape index (κ2) is 7.06. The molecule has 0 bridgehead atoms. The number of hydrogen-bond donors (Lipinski definition) is 0. The van der Waals surface area contributed by atoms with Crippen LogP contribution in [0.1, 0.15) is 27.7 Å². The number of aliphatic carboxylic acids is 1. The number of carbonyl (C=O) groups excluding carboxylic acids is 1. The molecule has 2 heteroatoms. The summed E-state index contributed by atoms with van der Waals surface area (Å²) in [4.78, 5) is 9.75. The standard InChI is InChI=1S/C5H8O2.C4H8/c1-3-4(2)5(6)7;1-4(2)3/h3H,1-2H3,(H,6,7);1H2,2-3H3/p-1/b4-3+;. The van der Waals surface area contributed by atoms with Crippen LogP contribution < -0.4 is 5.11 Å². The lowest BCUT2D eigenvalue weighted by atomic mass is 10.3. The van der Waals surface area contributed by atoms with E-state index >= 15 is 0 Å². The van der Waals surface area contributed by atoms with Gasteiger partial charge in [-0.2, -0.15) is 0 Å². The van der Waals surface area contributed by atoms with Crippen molar-refractivity contribution in [3.8, 4) is 0 Å². The van der Waals surface area contributed by atoms with Gasteiger partial charge in [0.1, 0.15) is 0 Å². The monoisotopic (exact) mass is 155 g/mol. The first kappa shape index (κ1) is 12.6. The molecule has 0 aromatic carbocycles. The second-order valence-electron chi connectivity index (χ2n) is 2.47. The number of allylic oxidation sites excluding steroid dienone is 2. The van der Waals surface area contributed by atoms with E-state index in [0.717, 1.165) is 0 Å². The van der Waals surface area contributed by atoms with Crippen molar-refractivity contribution in [3.63, 3.8) is 0 Å². The average molecular weight is 155 g/mol.